The summed E-state index contributed by atoms with van der Waals surface area (Å²) in [5.41, 5.74) is 1.53. The van der Waals surface area contributed by atoms with Crippen molar-refractivity contribution in [3.8, 4) is 23.0 Å². The van der Waals surface area contributed by atoms with Crippen LogP contribution in [0.1, 0.15) is 18.4 Å². The van der Waals surface area contributed by atoms with Gasteiger partial charge in [0.2, 0.25) is 5.91 Å². The third-order valence-electron chi connectivity index (χ3n) is 5.62. The first-order valence-corrected chi connectivity index (χ1v) is 10.6. The molecule has 2 aliphatic rings. The van der Waals surface area contributed by atoms with Crippen molar-refractivity contribution in [1.82, 2.24) is 10.3 Å². The zero-order chi connectivity index (χ0) is 22.9. The second-order valence-corrected chi connectivity index (χ2v) is 7.82. The maximum absolute atomic E-state index is 12.2. The Hall–Kier alpha value is -4.01. The average molecular weight is 450 g/mol. The Bertz CT molecular complexity index is 1230. The molecule has 170 valence electrons. The van der Waals surface area contributed by atoms with Gasteiger partial charge in [0, 0.05) is 36.3 Å². The maximum Gasteiger partial charge on any atom is 0.508 e. The lowest BCUT2D eigenvalue weighted by atomic mass is 9.95. The second-order valence-electron chi connectivity index (χ2n) is 7.82. The number of amides is 1. The van der Waals surface area contributed by atoms with Gasteiger partial charge in [0.05, 0.1) is 5.52 Å². The Morgan fingerprint density at radius 3 is 2.79 bits per heavy atom. The van der Waals surface area contributed by atoms with Crippen molar-refractivity contribution in [3.63, 3.8) is 0 Å². The van der Waals surface area contributed by atoms with Crippen LogP contribution in [-0.4, -0.2) is 49.5 Å². The third kappa shape index (κ3) is 4.09. The molecule has 0 saturated carbocycles. The standard InChI is InChI=1S/C24H22N2O7/c1-13-22(23(27)25-2)18-6-4-15(10-21(18)31-13)32-20-7-8-26-19-9-14(3-5-17(19)20)29-11-16-12-30-24(28)33-16/h3-10,13,16,22H,11-12H2,1-2H3,(H,25,27). The first-order chi connectivity index (χ1) is 16.0. The zero-order valence-electron chi connectivity index (χ0n) is 18.1. The summed E-state index contributed by atoms with van der Waals surface area (Å²) in [7, 11) is 1.62. The number of benzene rings is 2. The summed E-state index contributed by atoms with van der Waals surface area (Å²) in [6, 6.07) is 12.7. The van der Waals surface area contributed by atoms with Crippen molar-refractivity contribution in [2.45, 2.75) is 25.0 Å². The highest BCUT2D eigenvalue weighted by Crippen LogP contribution is 2.41. The van der Waals surface area contributed by atoms with Crippen LogP contribution in [0.3, 0.4) is 0 Å². The molecule has 2 aliphatic heterocycles. The quantitative estimate of drug-likeness (QED) is 0.569. The van der Waals surface area contributed by atoms with Gasteiger partial charge in [0.15, 0.2) is 6.10 Å². The first-order valence-electron chi connectivity index (χ1n) is 10.6. The molecule has 0 spiro atoms. The average Bonchev–Trinajstić information content (AvgIpc) is 3.38. The lowest BCUT2D eigenvalue weighted by Crippen LogP contribution is -2.31. The van der Waals surface area contributed by atoms with E-state index in [1.807, 2.05) is 25.1 Å². The van der Waals surface area contributed by atoms with Crippen molar-refractivity contribution in [2.75, 3.05) is 20.3 Å². The van der Waals surface area contributed by atoms with Crippen LogP contribution in [0.25, 0.3) is 10.9 Å². The lowest BCUT2D eigenvalue weighted by molar-refractivity contribution is -0.123. The molecule has 0 radical (unpaired) electrons. The molecule has 1 fully saturated rings. The number of carbonyl (C=O) groups excluding carboxylic acids is 2. The van der Waals surface area contributed by atoms with E-state index in [0.717, 1.165) is 10.9 Å². The van der Waals surface area contributed by atoms with E-state index in [1.54, 1.807) is 37.5 Å². The maximum atomic E-state index is 12.2. The molecule has 1 N–H and O–H groups in total. The molecule has 0 bridgehead atoms. The molecule has 1 saturated heterocycles. The van der Waals surface area contributed by atoms with Crippen molar-refractivity contribution in [2.24, 2.45) is 0 Å². The van der Waals surface area contributed by atoms with Gasteiger partial charge in [-0.3, -0.25) is 9.78 Å². The molecule has 1 aromatic heterocycles. The van der Waals surface area contributed by atoms with Gasteiger partial charge in [0.25, 0.3) is 0 Å². The Labute approximate surface area is 189 Å². The van der Waals surface area contributed by atoms with Gasteiger partial charge in [-0.2, -0.15) is 0 Å². The minimum Gasteiger partial charge on any atom is -0.490 e. The Kier molecular flexibility index (Phi) is 5.37. The fourth-order valence-electron chi connectivity index (χ4n) is 4.01. The van der Waals surface area contributed by atoms with E-state index in [0.29, 0.717) is 28.5 Å². The number of aromatic nitrogens is 1. The molecule has 3 unspecified atom stereocenters. The van der Waals surface area contributed by atoms with E-state index in [2.05, 4.69) is 10.3 Å². The minimum absolute atomic E-state index is 0.0771. The van der Waals surface area contributed by atoms with Crippen molar-refractivity contribution in [3.05, 3.63) is 54.2 Å². The van der Waals surface area contributed by atoms with Crippen LogP contribution in [0.5, 0.6) is 23.0 Å². The number of likely N-dealkylation sites (N-methyl/N-ethyl adjacent to an activating group) is 1. The van der Waals surface area contributed by atoms with Crippen LogP contribution < -0.4 is 19.5 Å². The van der Waals surface area contributed by atoms with Gasteiger partial charge in [0.1, 0.15) is 48.2 Å². The van der Waals surface area contributed by atoms with Crippen LogP contribution >= 0.6 is 0 Å². The Morgan fingerprint density at radius 2 is 2.00 bits per heavy atom. The fraction of sp³-hybridized carbons (Fsp3) is 0.292. The lowest BCUT2D eigenvalue weighted by Gasteiger charge is -2.13. The molecule has 9 heteroatoms. The van der Waals surface area contributed by atoms with Gasteiger partial charge in [-0.1, -0.05) is 6.07 Å². The highest BCUT2D eigenvalue weighted by molar-refractivity contribution is 5.87. The Balaban J connectivity index is 1.34. The van der Waals surface area contributed by atoms with Gasteiger partial charge in [-0.25, -0.2) is 4.79 Å². The SMILES string of the molecule is CNC(=O)C1c2ccc(Oc3ccnc4cc(OCC5COC(=O)O5)ccc34)cc2OC1C. The van der Waals surface area contributed by atoms with Crippen molar-refractivity contribution >= 4 is 23.0 Å². The minimum atomic E-state index is -0.680. The van der Waals surface area contributed by atoms with Crippen LogP contribution in [0.2, 0.25) is 0 Å². The molecule has 1 amide bonds. The molecule has 2 aromatic carbocycles. The molecule has 3 heterocycles. The number of rotatable bonds is 6. The van der Waals surface area contributed by atoms with E-state index in [-0.39, 0.29) is 31.1 Å². The largest absolute Gasteiger partial charge is 0.508 e. The van der Waals surface area contributed by atoms with E-state index in [9.17, 15) is 9.59 Å². The number of ether oxygens (including phenoxy) is 5. The summed E-state index contributed by atoms with van der Waals surface area (Å²) in [6.45, 7) is 2.24. The van der Waals surface area contributed by atoms with Crippen LogP contribution in [0, 0.1) is 0 Å². The number of nitrogens with zero attached hydrogens (tertiary/aromatic N) is 1. The molecule has 0 aliphatic carbocycles. The molecular formula is C24H22N2O7. The normalized spacial score (nSPS) is 21.0. The van der Waals surface area contributed by atoms with E-state index in [4.69, 9.17) is 23.7 Å². The van der Waals surface area contributed by atoms with Crippen LogP contribution in [0.15, 0.2) is 48.7 Å². The van der Waals surface area contributed by atoms with E-state index >= 15 is 0 Å². The second kappa shape index (κ2) is 8.50. The van der Waals surface area contributed by atoms with E-state index < -0.39 is 12.3 Å². The molecular weight excluding hydrogens is 428 g/mol. The third-order valence-corrected chi connectivity index (χ3v) is 5.62. The molecule has 3 atom stereocenters. The smallest absolute Gasteiger partial charge is 0.490 e. The number of nitrogens with one attached hydrogen (secondary N) is 1. The van der Waals surface area contributed by atoms with Crippen molar-refractivity contribution in [1.29, 1.82) is 0 Å². The molecule has 33 heavy (non-hydrogen) atoms. The van der Waals surface area contributed by atoms with Gasteiger partial charge in [-0.05, 0) is 31.2 Å². The topological polar surface area (TPSA) is 105 Å². The summed E-state index contributed by atoms with van der Waals surface area (Å²) >= 11 is 0. The summed E-state index contributed by atoms with van der Waals surface area (Å²) in [5, 5.41) is 3.49. The molecule has 3 aromatic rings. The van der Waals surface area contributed by atoms with Gasteiger partial charge >= 0.3 is 6.16 Å². The van der Waals surface area contributed by atoms with Gasteiger partial charge < -0.3 is 29.0 Å². The Morgan fingerprint density at radius 1 is 1.15 bits per heavy atom. The monoisotopic (exact) mass is 450 g/mol. The summed E-state index contributed by atoms with van der Waals surface area (Å²) in [6.07, 6.45) is 0.293. The molecule has 5 rings (SSSR count). The number of hydrogen-bond donors (Lipinski definition) is 1. The predicted molar refractivity (Wildman–Crippen MR) is 117 cm³/mol. The number of pyridine rings is 1. The number of cyclic esters (lactones) is 2. The fourth-order valence-corrected chi connectivity index (χ4v) is 4.01. The summed E-state index contributed by atoms with van der Waals surface area (Å²) in [4.78, 5) is 27.6. The van der Waals surface area contributed by atoms with Crippen molar-refractivity contribution < 1.29 is 33.3 Å². The highest BCUT2D eigenvalue weighted by Gasteiger charge is 2.36. The van der Waals surface area contributed by atoms with Gasteiger partial charge in [-0.15, -0.1) is 0 Å². The predicted octanol–water partition coefficient (Wildman–Crippen LogP) is 3.55. The van der Waals surface area contributed by atoms with Crippen LogP contribution in [0.4, 0.5) is 4.79 Å². The summed E-state index contributed by atoms with van der Waals surface area (Å²) in [5.74, 6) is 2.02. The highest BCUT2D eigenvalue weighted by atomic mass is 16.8. The van der Waals surface area contributed by atoms with E-state index in [1.165, 1.54) is 0 Å². The molecule has 9 nitrogen and oxygen atoms in total. The first kappa shape index (κ1) is 20.9. The summed E-state index contributed by atoms with van der Waals surface area (Å²) < 4.78 is 27.5. The number of fused-ring (bicyclic) bond motifs is 2. The number of hydrogen-bond acceptors (Lipinski definition) is 8. The van der Waals surface area contributed by atoms with Crippen LogP contribution in [-0.2, 0) is 14.3 Å². The zero-order valence-corrected chi connectivity index (χ0v) is 18.1. The number of carbonyl (C=O) groups is 2.